The molecule has 0 aliphatic heterocycles. The fourth-order valence-electron chi connectivity index (χ4n) is 1.95. The Balaban J connectivity index is 0.00000288. The molecule has 1 heterocycles. The zero-order valence-electron chi connectivity index (χ0n) is 13.7. The van der Waals surface area contributed by atoms with Gasteiger partial charge in [-0.15, -0.1) is 24.0 Å². The maximum Gasteiger partial charge on any atom is 0.191 e. The van der Waals surface area contributed by atoms with Crippen LogP contribution in [-0.4, -0.2) is 30.6 Å². The number of halogens is 2. The van der Waals surface area contributed by atoms with Crippen LogP contribution in [0.15, 0.2) is 53.7 Å². The van der Waals surface area contributed by atoms with Crippen LogP contribution in [0.5, 0.6) is 5.75 Å². The Labute approximate surface area is 164 Å². The number of hydrogen-bond acceptors (Lipinski definition) is 3. The van der Waals surface area contributed by atoms with Crippen molar-refractivity contribution in [3.63, 3.8) is 0 Å². The van der Waals surface area contributed by atoms with Gasteiger partial charge in [0.25, 0.3) is 0 Å². The van der Waals surface area contributed by atoms with Crippen molar-refractivity contribution in [2.45, 2.75) is 19.6 Å². The van der Waals surface area contributed by atoms with Gasteiger partial charge in [0.1, 0.15) is 11.9 Å². The molecule has 0 saturated heterocycles. The van der Waals surface area contributed by atoms with Crippen molar-refractivity contribution in [2.24, 2.45) is 4.99 Å². The highest BCUT2D eigenvalue weighted by molar-refractivity contribution is 14.0. The molecule has 1 atom stereocenters. The number of nitrogens with zero attached hydrogens (tertiary/aromatic N) is 2. The smallest absolute Gasteiger partial charge is 0.191 e. The van der Waals surface area contributed by atoms with Gasteiger partial charge in [-0.25, -0.2) is 0 Å². The molecule has 24 heavy (non-hydrogen) atoms. The van der Waals surface area contributed by atoms with Crippen molar-refractivity contribution in [3.05, 3.63) is 59.4 Å². The lowest BCUT2D eigenvalue weighted by atomic mass is 10.3. The zero-order valence-corrected chi connectivity index (χ0v) is 16.8. The first-order chi connectivity index (χ1) is 11.2. The lowest BCUT2D eigenvalue weighted by molar-refractivity contribution is 0.224. The molecule has 0 spiro atoms. The van der Waals surface area contributed by atoms with Crippen molar-refractivity contribution in [1.82, 2.24) is 15.6 Å². The monoisotopic (exact) mass is 460 g/mol. The minimum atomic E-state index is -0.0260. The van der Waals surface area contributed by atoms with Gasteiger partial charge in [-0.1, -0.05) is 23.7 Å². The third kappa shape index (κ3) is 7.35. The highest BCUT2D eigenvalue weighted by atomic mass is 127. The average molecular weight is 461 g/mol. The Morgan fingerprint density at radius 2 is 2.08 bits per heavy atom. The molecular formula is C17H22ClIN4O. The second-order valence-electron chi connectivity index (χ2n) is 5.01. The van der Waals surface area contributed by atoms with Gasteiger partial charge in [-0.3, -0.25) is 9.98 Å². The lowest BCUT2D eigenvalue weighted by Gasteiger charge is -2.17. The van der Waals surface area contributed by atoms with E-state index >= 15 is 0 Å². The summed E-state index contributed by atoms with van der Waals surface area (Å²) < 4.78 is 5.81. The van der Waals surface area contributed by atoms with Crippen molar-refractivity contribution >= 4 is 41.5 Å². The summed E-state index contributed by atoms with van der Waals surface area (Å²) in [6.45, 7) is 3.22. The topological polar surface area (TPSA) is 58.5 Å². The van der Waals surface area contributed by atoms with Gasteiger partial charge in [0.2, 0.25) is 0 Å². The van der Waals surface area contributed by atoms with E-state index in [2.05, 4.69) is 20.6 Å². The molecule has 130 valence electrons. The van der Waals surface area contributed by atoms with Gasteiger partial charge in [0.15, 0.2) is 5.96 Å². The van der Waals surface area contributed by atoms with Gasteiger partial charge < -0.3 is 15.4 Å². The van der Waals surface area contributed by atoms with Gasteiger partial charge >= 0.3 is 0 Å². The Bertz CT molecular complexity index is 639. The number of aliphatic imine (C=N–C) groups is 1. The Kier molecular flexibility index (Phi) is 9.48. The molecule has 2 rings (SSSR count). The van der Waals surface area contributed by atoms with Gasteiger partial charge in [-0.2, -0.15) is 0 Å². The minimum absolute atomic E-state index is 0. The summed E-state index contributed by atoms with van der Waals surface area (Å²) in [5, 5.41) is 7.10. The molecule has 1 aromatic heterocycles. The Morgan fingerprint density at radius 3 is 2.75 bits per heavy atom. The maximum atomic E-state index is 5.95. The molecule has 0 amide bonds. The Morgan fingerprint density at radius 1 is 1.25 bits per heavy atom. The highest BCUT2D eigenvalue weighted by Gasteiger charge is 2.06. The van der Waals surface area contributed by atoms with Gasteiger partial charge in [0.05, 0.1) is 18.8 Å². The molecule has 0 saturated carbocycles. The van der Waals surface area contributed by atoms with Crippen LogP contribution >= 0.6 is 35.6 Å². The number of benzene rings is 1. The average Bonchev–Trinajstić information content (AvgIpc) is 2.56. The third-order valence-corrected chi connectivity index (χ3v) is 3.31. The van der Waals surface area contributed by atoms with E-state index in [4.69, 9.17) is 16.3 Å². The summed E-state index contributed by atoms with van der Waals surface area (Å²) >= 11 is 5.95. The summed E-state index contributed by atoms with van der Waals surface area (Å²) in [5.41, 5.74) is 0.957. The number of pyridine rings is 1. The van der Waals surface area contributed by atoms with Gasteiger partial charge in [-0.05, 0) is 37.3 Å². The second kappa shape index (κ2) is 11.1. The molecule has 1 unspecified atom stereocenters. The van der Waals surface area contributed by atoms with Crippen LogP contribution in [0.1, 0.15) is 12.6 Å². The van der Waals surface area contributed by atoms with Crippen LogP contribution in [-0.2, 0) is 6.54 Å². The molecule has 0 aliphatic carbocycles. The van der Waals surface area contributed by atoms with E-state index in [0.29, 0.717) is 24.1 Å². The predicted octanol–water partition coefficient (Wildman–Crippen LogP) is 3.49. The number of aromatic nitrogens is 1. The fourth-order valence-corrected chi connectivity index (χ4v) is 2.13. The standard InChI is InChI=1S/C17H21ClN4O.HI/c1-13(23-16-8-5-6-14(18)10-16)11-21-17(19-2)22-12-15-7-3-4-9-20-15;/h3-10,13H,11-12H2,1-2H3,(H2,19,21,22);1H. The van der Waals surface area contributed by atoms with Crippen molar-refractivity contribution in [1.29, 1.82) is 0 Å². The summed E-state index contributed by atoms with van der Waals surface area (Å²) in [6.07, 6.45) is 1.75. The first-order valence-corrected chi connectivity index (χ1v) is 7.82. The van der Waals surface area contributed by atoms with Crippen LogP contribution in [0, 0.1) is 0 Å². The van der Waals surface area contributed by atoms with Crippen LogP contribution in [0.4, 0.5) is 0 Å². The van der Waals surface area contributed by atoms with E-state index in [1.165, 1.54) is 0 Å². The normalized spacial score (nSPS) is 12.0. The fraction of sp³-hybridized carbons (Fsp3) is 0.294. The summed E-state index contributed by atoms with van der Waals surface area (Å²) in [5.74, 6) is 1.46. The van der Waals surface area contributed by atoms with E-state index in [1.807, 2.05) is 43.3 Å². The molecule has 1 aromatic carbocycles. The summed E-state index contributed by atoms with van der Waals surface area (Å²) in [6, 6.07) is 13.2. The molecule has 2 aromatic rings. The summed E-state index contributed by atoms with van der Waals surface area (Å²) in [4.78, 5) is 8.45. The van der Waals surface area contributed by atoms with E-state index in [9.17, 15) is 0 Å². The van der Waals surface area contributed by atoms with Crippen molar-refractivity contribution < 1.29 is 4.74 Å². The van der Waals surface area contributed by atoms with Crippen LogP contribution in [0.25, 0.3) is 0 Å². The molecule has 7 heteroatoms. The third-order valence-electron chi connectivity index (χ3n) is 3.08. The van der Waals surface area contributed by atoms with Crippen molar-refractivity contribution in [2.75, 3.05) is 13.6 Å². The SMILES string of the molecule is CN=C(NCc1ccccn1)NCC(C)Oc1cccc(Cl)c1.I. The van der Waals surface area contributed by atoms with Gasteiger partial charge in [0, 0.05) is 18.3 Å². The quantitative estimate of drug-likeness (QED) is 0.394. The number of guanidine groups is 1. The number of hydrogen-bond donors (Lipinski definition) is 2. The van der Waals surface area contributed by atoms with Crippen molar-refractivity contribution in [3.8, 4) is 5.75 Å². The minimum Gasteiger partial charge on any atom is -0.489 e. The van der Waals surface area contributed by atoms with E-state index in [0.717, 1.165) is 11.4 Å². The molecule has 0 bridgehead atoms. The number of ether oxygens (including phenoxy) is 1. The lowest BCUT2D eigenvalue weighted by Crippen LogP contribution is -2.41. The molecule has 0 radical (unpaired) electrons. The van der Waals surface area contributed by atoms with Crippen LogP contribution in [0.2, 0.25) is 5.02 Å². The van der Waals surface area contributed by atoms with Crippen LogP contribution in [0.3, 0.4) is 0 Å². The highest BCUT2D eigenvalue weighted by Crippen LogP contribution is 2.18. The first kappa shape index (κ1) is 20.5. The van der Waals surface area contributed by atoms with E-state index in [-0.39, 0.29) is 30.1 Å². The summed E-state index contributed by atoms with van der Waals surface area (Å²) in [7, 11) is 1.73. The number of rotatable bonds is 6. The largest absolute Gasteiger partial charge is 0.489 e. The first-order valence-electron chi connectivity index (χ1n) is 7.44. The Hall–Kier alpha value is -1.54. The molecule has 2 N–H and O–H groups in total. The molecular weight excluding hydrogens is 439 g/mol. The molecule has 0 fully saturated rings. The zero-order chi connectivity index (χ0) is 16.5. The second-order valence-corrected chi connectivity index (χ2v) is 5.45. The van der Waals surface area contributed by atoms with E-state index in [1.54, 1.807) is 19.3 Å². The molecule has 0 aliphatic rings. The number of nitrogens with one attached hydrogen (secondary N) is 2. The molecule has 5 nitrogen and oxygen atoms in total. The maximum absolute atomic E-state index is 5.95. The van der Waals surface area contributed by atoms with Crippen LogP contribution < -0.4 is 15.4 Å². The predicted molar refractivity (Wildman–Crippen MR) is 109 cm³/mol. The van der Waals surface area contributed by atoms with E-state index < -0.39 is 0 Å².